The van der Waals surface area contributed by atoms with Gasteiger partial charge in [0.25, 0.3) is 0 Å². The van der Waals surface area contributed by atoms with Crippen LogP contribution in [0.15, 0.2) is 59.5 Å². The highest BCUT2D eigenvalue weighted by molar-refractivity contribution is 7.98. The van der Waals surface area contributed by atoms with Crippen molar-refractivity contribution in [3.05, 3.63) is 65.7 Å². The zero-order valence-electron chi connectivity index (χ0n) is 11.0. The van der Waals surface area contributed by atoms with Gasteiger partial charge in [-0.05, 0) is 43.1 Å². The molecule has 19 heavy (non-hydrogen) atoms. The fourth-order valence-corrected chi connectivity index (χ4v) is 2.43. The predicted octanol–water partition coefficient (Wildman–Crippen LogP) is 4.86. The molecule has 0 aliphatic rings. The summed E-state index contributed by atoms with van der Waals surface area (Å²) in [6.07, 6.45) is 2.03. The van der Waals surface area contributed by atoms with Crippen LogP contribution in [0.2, 0.25) is 0 Å². The molecule has 0 aliphatic heterocycles. The predicted molar refractivity (Wildman–Crippen MR) is 85.9 cm³/mol. The third-order valence-electron chi connectivity index (χ3n) is 2.88. The Bertz CT molecular complexity index is 534. The maximum atomic E-state index is 5.82. The quantitative estimate of drug-likeness (QED) is 0.587. The Morgan fingerprint density at radius 2 is 1.68 bits per heavy atom. The summed E-state index contributed by atoms with van der Waals surface area (Å²) in [6, 6.07) is 18.2. The second kappa shape index (κ2) is 6.73. The minimum Gasteiger partial charge on any atom is -0.475 e. The van der Waals surface area contributed by atoms with Crippen molar-refractivity contribution >= 4 is 29.0 Å². The summed E-state index contributed by atoms with van der Waals surface area (Å²) in [4.78, 5) is 1.25. The molecule has 0 bridgehead atoms. The first-order chi connectivity index (χ1) is 9.20. The van der Waals surface area contributed by atoms with Gasteiger partial charge < -0.3 is 4.74 Å². The van der Waals surface area contributed by atoms with Crippen molar-refractivity contribution in [2.75, 3.05) is 6.26 Å². The molecule has 0 amide bonds. The normalized spacial score (nSPS) is 11.9. The van der Waals surface area contributed by atoms with E-state index in [1.807, 2.05) is 37.3 Å². The highest BCUT2D eigenvalue weighted by Crippen LogP contribution is 2.22. The van der Waals surface area contributed by atoms with Crippen LogP contribution in [0.3, 0.4) is 0 Å². The van der Waals surface area contributed by atoms with Gasteiger partial charge in [0.05, 0.1) is 0 Å². The van der Waals surface area contributed by atoms with Crippen LogP contribution in [0.25, 0.3) is 0 Å². The molecular formula is C16H16OS2. The fraction of sp³-hybridized carbons (Fsp3) is 0.188. The molecule has 0 aliphatic carbocycles. The largest absolute Gasteiger partial charge is 0.475 e. The van der Waals surface area contributed by atoms with E-state index in [-0.39, 0.29) is 6.10 Å². The van der Waals surface area contributed by atoms with Gasteiger partial charge in [-0.25, -0.2) is 0 Å². The van der Waals surface area contributed by atoms with Crippen LogP contribution in [0, 0.1) is 0 Å². The molecular weight excluding hydrogens is 272 g/mol. The average Bonchev–Trinajstić information content (AvgIpc) is 2.48. The first-order valence-corrected chi connectivity index (χ1v) is 7.74. The molecule has 1 nitrogen and oxygen atoms in total. The SMILES string of the molecule is CSc1ccc(C(C)OC(=S)c2ccccc2)cc1. The van der Waals surface area contributed by atoms with Crippen molar-refractivity contribution in [3.8, 4) is 0 Å². The second-order valence-electron chi connectivity index (χ2n) is 4.19. The summed E-state index contributed by atoms with van der Waals surface area (Å²) in [7, 11) is 0. The summed E-state index contributed by atoms with van der Waals surface area (Å²) in [5.41, 5.74) is 2.08. The summed E-state index contributed by atoms with van der Waals surface area (Å²) < 4.78 is 5.82. The van der Waals surface area contributed by atoms with Gasteiger partial charge in [-0.2, -0.15) is 0 Å². The third-order valence-corrected chi connectivity index (χ3v) is 3.95. The molecule has 3 heteroatoms. The van der Waals surface area contributed by atoms with Crippen molar-refractivity contribution in [2.45, 2.75) is 17.9 Å². The zero-order chi connectivity index (χ0) is 13.7. The Balaban J connectivity index is 2.04. The molecule has 0 saturated heterocycles. The molecule has 0 radical (unpaired) electrons. The first-order valence-electron chi connectivity index (χ1n) is 6.10. The minimum atomic E-state index is -0.0383. The smallest absolute Gasteiger partial charge is 0.191 e. The standard InChI is InChI=1S/C16H16OS2/c1-12(13-8-10-15(19-2)11-9-13)17-16(18)14-6-4-3-5-7-14/h3-12H,1-2H3. The number of ether oxygens (including phenoxy) is 1. The van der Waals surface area contributed by atoms with Gasteiger partial charge in [0.15, 0.2) is 5.05 Å². The molecule has 0 N–H and O–H groups in total. The average molecular weight is 288 g/mol. The lowest BCUT2D eigenvalue weighted by Gasteiger charge is -2.16. The Morgan fingerprint density at radius 1 is 1.05 bits per heavy atom. The topological polar surface area (TPSA) is 9.23 Å². The molecule has 0 fully saturated rings. The lowest BCUT2D eigenvalue weighted by atomic mass is 10.1. The van der Waals surface area contributed by atoms with E-state index in [2.05, 4.69) is 30.5 Å². The van der Waals surface area contributed by atoms with E-state index in [1.165, 1.54) is 4.90 Å². The molecule has 1 atom stereocenters. The number of thioether (sulfide) groups is 1. The summed E-state index contributed by atoms with van der Waals surface area (Å²) in [6.45, 7) is 2.02. The summed E-state index contributed by atoms with van der Waals surface area (Å²) in [5, 5.41) is 0.544. The molecule has 1 unspecified atom stereocenters. The molecule has 0 spiro atoms. The molecule has 2 aromatic carbocycles. The second-order valence-corrected chi connectivity index (χ2v) is 5.44. The molecule has 98 valence electrons. The van der Waals surface area contributed by atoms with Crippen molar-refractivity contribution in [3.63, 3.8) is 0 Å². The molecule has 2 aromatic rings. The number of hydrogen-bond donors (Lipinski definition) is 0. The Labute approximate surface area is 124 Å². The van der Waals surface area contributed by atoms with Crippen molar-refractivity contribution < 1.29 is 4.74 Å². The molecule has 0 aromatic heterocycles. The first kappa shape index (κ1) is 14.1. The highest BCUT2D eigenvalue weighted by atomic mass is 32.2. The van der Waals surface area contributed by atoms with E-state index in [0.29, 0.717) is 5.05 Å². The Hall–Kier alpha value is -1.32. The maximum absolute atomic E-state index is 5.82. The van der Waals surface area contributed by atoms with Crippen LogP contribution >= 0.6 is 24.0 Å². The lowest BCUT2D eigenvalue weighted by Crippen LogP contribution is -2.07. The van der Waals surface area contributed by atoms with Crippen LogP contribution in [-0.4, -0.2) is 11.3 Å². The highest BCUT2D eigenvalue weighted by Gasteiger charge is 2.10. The Morgan fingerprint density at radius 3 is 2.26 bits per heavy atom. The van der Waals surface area contributed by atoms with Crippen LogP contribution < -0.4 is 0 Å². The van der Waals surface area contributed by atoms with E-state index >= 15 is 0 Å². The van der Waals surface area contributed by atoms with Gasteiger partial charge in [0, 0.05) is 10.5 Å². The summed E-state index contributed by atoms with van der Waals surface area (Å²) >= 11 is 7.05. The van der Waals surface area contributed by atoms with Crippen LogP contribution in [0.4, 0.5) is 0 Å². The maximum Gasteiger partial charge on any atom is 0.191 e. The van der Waals surface area contributed by atoms with Gasteiger partial charge in [-0.15, -0.1) is 11.8 Å². The Kier molecular flexibility index (Phi) is 5.00. The number of hydrogen-bond acceptors (Lipinski definition) is 3. The lowest BCUT2D eigenvalue weighted by molar-refractivity contribution is 0.220. The van der Waals surface area contributed by atoms with Gasteiger partial charge in [-0.1, -0.05) is 42.5 Å². The number of thiocarbonyl (C=S) groups is 1. The van der Waals surface area contributed by atoms with Gasteiger partial charge in [-0.3, -0.25) is 0 Å². The van der Waals surface area contributed by atoms with Gasteiger partial charge >= 0.3 is 0 Å². The van der Waals surface area contributed by atoms with Gasteiger partial charge in [0.1, 0.15) is 6.10 Å². The van der Waals surface area contributed by atoms with Crippen molar-refractivity contribution in [2.24, 2.45) is 0 Å². The van der Waals surface area contributed by atoms with Crippen LogP contribution in [-0.2, 0) is 4.74 Å². The fourth-order valence-electron chi connectivity index (χ4n) is 1.75. The number of benzene rings is 2. The van der Waals surface area contributed by atoms with E-state index < -0.39 is 0 Å². The minimum absolute atomic E-state index is 0.0383. The van der Waals surface area contributed by atoms with Gasteiger partial charge in [0.2, 0.25) is 0 Å². The van der Waals surface area contributed by atoms with Crippen molar-refractivity contribution in [1.29, 1.82) is 0 Å². The van der Waals surface area contributed by atoms with Crippen molar-refractivity contribution in [1.82, 2.24) is 0 Å². The third kappa shape index (κ3) is 3.82. The zero-order valence-corrected chi connectivity index (χ0v) is 12.6. The summed E-state index contributed by atoms with van der Waals surface area (Å²) in [5.74, 6) is 0. The number of rotatable bonds is 4. The van der Waals surface area contributed by atoms with E-state index in [0.717, 1.165) is 11.1 Å². The molecule has 0 saturated carbocycles. The van der Waals surface area contributed by atoms with Crippen LogP contribution in [0.1, 0.15) is 24.2 Å². The monoisotopic (exact) mass is 288 g/mol. The van der Waals surface area contributed by atoms with E-state index in [9.17, 15) is 0 Å². The molecule has 2 rings (SSSR count). The van der Waals surface area contributed by atoms with E-state index in [4.69, 9.17) is 17.0 Å². The van der Waals surface area contributed by atoms with E-state index in [1.54, 1.807) is 11.8 Å². The van der Waals surface area contributed by atoms with Crippen LogP contribution in [0.5, 0.6) is 0 Å². The molecule has 0 heterocycles.